The quantitative estimate of drug-likeness (QED) is 0.296. The Labute approximate surface area is 241 Å². The molecule has 3 N–H and O–H groups in total. The maximum atomic E-state index is 13.4. The van der Waals surface area contributed by atoms with Crippen molar-refractivity contribution in [1.29, 1.82) is 0 Å². The molecule has 1 atom stereocenters. The average Bonchev–Trinajstić information content (AvgIpc) is 3.36. The number of benzene rings is 1. The molecule has 4 aromatic rings. The number of nitrogens with one attached hydrogen (secondary N) is 1. The van der Waals surface area contributed by atoms with Gasteiger partial charge in [0, 0.05) is 61.1 Å². The number of rotatable bonds is 5. The molecule has 3 aromatic heterocycles. The maximum absolute atomic E-state index is 13.4. The number of hydrogen-bond acceptors (Lipinski definition) is 6. The number of alkyl halides is 5. The lowest BCUT2D eigenvalue weighted by Crippen LogP contribution is -2.49. The van der Waals surface area contributed by atoms with Crippen molar-refractivity contribution in [3.63, 3.8) is 0 Å². The number of nitrogens with two attached hydrogens (primary N) is 1. The minimum absolute atomic E-state index is 0.158. The van der Waals surface area contributed by atoms with Gasteiger partial charge >= 0.3 is 6.18 Å². The van der Waals surface area contributed by atoms with Gasteiger partial charge in [-0.3, -0.25) is 9.59 Å². The SMILES string of the molecule is Nc1nccc2c([C@@H]3CCCN(C(=O)C4CC(F)(F)C4)C3)nn(-c3ccc(C(=O)Nc4cc(C(F)(F)F)ccn4)cc3)c12. The van der Waals surface area contributed by atoms with Gasteiger partial charge in [0.1, 0.15) is 17.2 Å². The number of likely N-dealkylation sites (tertiary alicyclic amines) is 1. The van der Waals surface area contributed by atoms with Crippen molar-refractivity contribution in [3.8, 4) is 5.69 Å². The molecule has 2 aliphatic rings. The van der Waals surface area contributed by atoms with Gasteiger partial charge in [-0.2, -0.15) is 18.3 Å². The molecule has 43 heavy (non-hydrogen) atoms. The zero-order chi connectivity index (χ0) is 30.5. The largest absolute Gasteiger partial charge is 0.416 e. The first kappa shape index (κ1) is 28.5. The fourth-order valence-corrected chi connectivity index (χ4v) is 5.71. The molecule has 2 fully saturated rings. The Kier molecular flexibility index (Phi) is 7.01. The van der Waals surface area contributed by atoms with Crippen molar-refractivity contribution in [1.82, 2.24) is 24.6 Å². The van der Waals surface area contributed by atoms with Crippen molar-refractivity contribution < 1.29 is 31.5 Å². The van der Waals surface area contributed by atoms with E-state index in [9.17, 15) is 31.5 Å². The number of aromatic nitrogens is 4. The average molecular weight is 600 g/mol. The molecular weight excluding hydrogens is 573 g/mol. The summed E-state index contributed by atoms with van der Waals surface area (Å²) >= 11 is 0. The van der Waals surface area contributed by atoms with E-state index in [1.165, 1.54) is 12.1 Å². The maximum Gasteiger partial charge on any atom is 0.416 e. The van der Waals surface area contributed by atoms with Gasteiger partial charge in [-0.25, -0.2) is 23.4 Å². The normalized spacial score (nSPS) is 18.8. The third-order valence-electron chi connectivity index (χ3n) is 7.91. The number of anilines is 2. The molecule has 0 unspecified atom stereocenters. The Morgan fingerprint density at radius 3 is 2.44 bits per heavy atom. The van der Waals surface area contributed by atoms with E-state index in [0.717, 1.165) is 30.1 Å². The number of pyridine rings is 2. The number of halogens is 5. The van der Waals surface area contributed by atoms with E-state index >= 15 is 0 Å². The third-order valence-corrected chi connectivity index (χ3v) is 7.91. The lowest BCUT2D eigenvalue weighted by molar-refractivity contribution is -0.160. The van der Waals surface area contributed by atoms with Gasteiger partial charge in [0.25, 0.3) is 5.91 Å². The van der Waals surface area contributed by atoms with Crippen LogP contribution in [0.2, 0.25) is 0 Å². The summed E-state index contributed by atoms with van der Waals surface area (Å²) in [6.45, 7) is 0.844. The van der Waals surface area contributed by atoms with Gasteiger partial charge in [0.15, 0.2) is 0 Å². The fraction of sp³-hybridized carbons (Fsp3) is 0.345. The molecule has 6 rings (SSSR count). The molecule has 0 spiro atoms. The van der Waals surface area contributed by atoms with E-state index in [0.29, 0.717) is 36.4 Å². The number of carbonyl (C=O) groups excluding carboxylic acids is 2. The van der Waals surface area contributed by atoms with Gasteiger partial charge < -0.3 is 16.0 Å². The van der Waals surface area contributed by atoms with Crippen LogP contribution in [0.3, 0.4) is 0 Å². The van der Waals surface area contributed by atoms with Crippen molar-refractivity contribution in [3.05, 3.63) is 71.7 Å². The Balaban J connectivity index is 1.24. The Bertz CT molecular complexity index is 1700. The molecule has 0 bridgehead atoms. The van der Waals surface area contributed by atoms with E-state index in [1.54, 1.807) is 34.0 Å². The molecule has 1 aromatic carbocycles. The van der Waals surface area contributed by atoms with Crippen LogP contribution in [0.1, 0.15) is 53.2 Å². The summed E-state index contributed by atoms with van der Waals surface area (Å²) < 4.78 is 67.4. The molecule has 0 radical (unpaired) electrons. The lowest BCUT2D eigenvalue weighted by Gasteiger charge is -2.40. The second kappa shape index (κ2) is 10.6. The Morgan fingerprint density at radius 1 is 1.02 bits per heavy atom. The van der Waals surface area contributed by atoms with Crippen molar-refractivity contribution >= 4 is 34.4 Å². The smallest absolute Gasteiger partial charge is 0.382 e. The van der Waals surface area contributed by atoms with Gasteiger partial charge in [0.2, 0.25) is 11.8 Å². The molecule has 1 aliphatic heterocycles. The lowest BCUT2D eigenvalue weighted by atomic mass is 9.79. The highest BCUT2D eigenvalue weighted by Crippen LogP contribution is 2.44. The van der Waals surface area contributed by atoms with Crippen LogP contribution in [-0.4, -0.2) is 55.5 Å². The van der Waals surface area contributed by atoms with Crippen LogP contribution < -0.4 is 11.1 Å². The monoisotopic (exact) mass is 599 g/mol. The minimum atomic E-state index is -4.58. The summed E-state index contributed by atoms with van der Waals surface area (Å²) in [5.74, 6) is -4.53. The van der Waals surface area contributed by atoms with Gasteiger partial charge in [-0.05, 0) is 55.3 Å². The summed E-state index contributed by atoms with van der Waals surface area (Å²) in [5, 5.41) is 7.95. The summed E-state index contributed by atoms with van der Waals surface area (Å²) in [6.07, 6.45) is -1.46. The first-order valence-corrected chi connectivity index (χ1v) is 13.6. The van der Waals surface area contributed by atoms with E-state index in [1.807, 2.05) is 0 Å². The first-order valence-electron chi connectivity index (χ1n) is 13.6. The highest BCUT2D eigenvalue weighted by molar-refractivity contribution is 6.04. The fourth-order valence-electron chi connectivity index (χ4n) is 5.71. The number of piperidine rings is 1. The molecule has 4 heterocycles. The summed E-state index contributed by atoms with van der Waals surface area (Å²) in [6, 6.07) is 9.56. The highest BCUT2D eigenvalue weighted by Gasteiger charge is 2.50. The minimum Gasteiger partial charge on any atom is -0.382 e. The van der Waals surface area contributed by atoms with Crippen LogP contribution in [0.15, 0.2) is 54.9 Å². The summed E-state index contributed by atoms with van der Waals surface area (Å²) in [4.78, 5) is 35.3. The van der Waals surface area contributed by atoms with E-state index in [4.69, 9.17) is 10.8 Å². The Morgan fingerprint density at radius 2 is 1.74 bits per heavy atom. The van der Waals surface area contributed by atoms with E-state index < -0.39 is 42.3 Å². The number of nitrogen functional groups attached to an aromatic ring is 1. The zero-order valence-corrected chi connectivity index (χ0v) is 22.6. The molecule has 1 saturated heterocycles. The molecule has 9 nitrogen and oxygen atoms in total. The van der Waals surface area contributed by atoms with Crippen LogP contribution in [0, 0.1) is 5.92 Å². The summed E-state index contributed by atoms with van der Waals surface area (Å²) in [7, 11) is 0. The van der Waals surface area contributed by atoms with E-state index in [-0.39, 0.29) is 29.0 Å². The highest BCUT2D eigenvalue weighted by atomic mass is 19.4. The van der Waals surface area contributed by atoms with Crippen LogP contribution in [0.5, 0.6) is 0 Å². The predicted octanol–water partition coefficient (Wildman–Crippen LogP) is 5.42. The van der Waals surface area contributed by atoms with Crippen molar-refractivity contribution in [2.45, 2.75) is 43.7 Å². The number of amides is 2. The molecule has 224 valence electrons. The number of nitrogens with zero attached hydrogens (tertiary/aromatic N) is 5. The first-order chi connectivity index (χ1) is 20.4. The molecule has 1 aliphatic carbocycles. The number of carbonyl (C=O) groups is 2. The van der Waals surface area contributed by atoms with Crippen molar-refractivity contribution in [2.75, 3.05) is 24.1 Å². The predicted molar refractivity (Wildman–Crippen MR) is 147 cm³/mol. The second-order valence-electron chi connectivity index (χ2n) is 10.9. The van der Waals surface area contributed by atoms with Crippen LogP contribution in [-0.2, 0) is 11.0 Å². The summed E-state index contributed by atoms with van der Waals surface area (Å²) in [5.41, 5.74) is 7.26. The van der Waals surface area contributed by atoms with Crippen molar-refractivity contribution in [2.24, 2.45) is 5.92 Å². The molecule has 14 heteroatoms. The second-order valence-corrected chi connectivity index (χ2v) is 10.9. The number of hydrogen-bond donors (Lipinski definition) is 2. The van der Waals surface area contributed by atoms with Gasteiger partial charge in [-0.15, -0.1) is 0 Å². The van der Waals surface area contributed by atoms with Crippen LogP contribution in [0.25, 0.3) is 16.6 Å². The molecular formula is C29H26F5N7O2. The zero-order valence-electron chi connectivity index (χ0n) is 22.6. The van der Waals surface area contributed by atoms with Crippen LogP contribution in [0.4, 0.5) is 33.6 Å². The molecule has 2 amide bonds. The van der Waals surface area contributed by atoms with E-state index in [2.05, 4.69) is 15.3 Å². The van der Waals surface area contributed by atoms with Gasteiger partial charge in [-0.1, -0.05) is 0 Å². The topological polar surface area (TPSA) is 119 Å². The molecule has 1 saturated carbocycles. The number of fused-ring (bicyclic) bond motifs is 1. The Hall–Kier alpha value is -4.62. The third kappa shape index (κ3) is 5.60. The van der Waals surface area contributed by atoms with Gasteiger partial charge in [0.05, 0.1) is 16.9 Å². The standard InChI is InChI=1S/C29H26F5N7O2/c30-28(31)13-18(14-28)27(43)40-11-1-2-17(15-40)23-21-8-10-37-25(35)24(21)41(39-23)20-5-3-16(4-6-20)26(42)38-22-12-19(7-9-36-22)29(32,33)34/h3-10,12,17-18H,1-2,11,13-15H2,(H2,35,37)(H,36,38,42)/t17-/m1/s1. The van der Waals surface area contributed by atoms with Crippen LogP contribution >= 0.6 is 0 Å².